The van der Waals surface area contributed by atoms with E-state index in [0.717, 1.165) is 0 Å². The summed E-state index contributed by atoms with van der Waals surface area (Å²) in [6, 6.07) is 20.1. The summed E-state index contributed by atoms with van der Waals surface area (Å²) in [5, 5.41) is 20.0. The van der Waals surface area contributed by atoms with E-state index in [2.05, 4.69) is 10.6 Å². The standard InChI is InChI=1S/C24H25FN4O4S.C2H2O4/c1-28(16-23(30)26-19-9-6-8-18(25)14-19)17-24(31)27-20-10-7-13-22(15-20)34(32,33)29(2)21-11-4-3-5-12-21;3-1(4)2(5)6/h3-15H,16-17H2,1-2H3,(H,26,30)(H,27,31);(H,3,4)(H,5,6). The minimum Gasteiger partial charge on any atom is -0.473 e. The van der Waals surface area contributed by atoms with Gasteiger partial charge < -0.3 is 20.8 Å². The molecule has 0 spiro atoms. The topological polar surface area (TPSA) is 173 Å². The summed E-state index contributed by atoms with van der Waals surface area (Å²) in [7, 11) is -0.788. The van der Waals surface area contributed by atoms with Crippen molar-refractivity contribution in [1.82, 2.24) is 4.90 Å². The van der Waals surface area contributed by atoms with Gasteiger partial charge in [-0.25, -0.2) is 22.4 Å². The van der Waals surface area contributed by atoms with Crippen molar-refractivity contribution in [1.29, 1.82) is 0 Å². The van der Waals surface area contributed by atoms with Crippen LogP contribution in [-0.2, 0) is 29.2 Å². The number of carboxylic acid groups (broad SMARTS) is 2. The number of halogens is 1. The largest absolute Gasteiger partial charge is 0.473 e. The van der Waals surface area contributed by atoms with Crippen molar-refractivity contribution in [3.63, 3.8) is 0 Å². The Balaban J connectivity index is 0.000000840. The minimum atomic E-state index is -3.83. The molecule has 0 bridgehead atoms. The number of sulfonamides is 1. The third-order valence-electron chi connectivity index (χ3n) is 5.01. The lowest BCUT2D eigenvalue weighted by atomic mass is 10.3. The van der Waals surface area contributed by atoms with Gasteiger partial charge in [0.25, 0.3) is 10.0 Å². The fourth-order valence-electron chi connectivity index (χ4n) is 3.18. The molecular formula is C26H27FN4O8S. The number of likely N-dealkylation sites (N-methyl/N-ethyl adjacent to an activating group) is 1. The molecule has 0 heterocycles. The second-order valence-corrected chi connectivity index (χ2v) is 10.2. The fourth-order valence-corrected chi connectivity index (χ4v) is 4.42. The van der Waals surface area contributed by atoms with E-state index in [1.807, 2.05) is 0 Å². The van der Waals surface area contributed by atoms with Crippen LogP contribution in [0.25, 0.3) is 0 Å². The second-order valence-electron chi connectivity index (χ2n) is 8.23. The van der Waals surface area contributed by atoms with Crippen LogP contribution < -0.4 is 14.9 Å². The molecule has 0 saturated heterocycles. The van der Waals surface area contributed by atoms with Crippen LogP contribution in [0, 0.1) is 5.82 Å². The number of carbonyl (C=O) groups is 4. The van der Waals surface area contributed by atoms with E-state index < -0.39 is 39.6 Å². The van der Waals surface area contributed by atoms with Gasteiger partial charge in [-0.2, -0.15) is 0 Å². The molecule has 3 aromatic carbocycles. The monoisotopic (exact) mass is 574 g/mol. The van der Waals surface area contributed by atoms with E-state index in [4.69, 9.17) is 19.8 Å². The summed E-state index contributed by atoms with van der Waals surface area (Å²) in [5.41, 5.74) is 1.14. The number of aliphatic carboxylic acids is 2. The predicted octanol–water partition coefficient (Wildman–Crippen LogP) is 2.32. The lowest BCUT2D eigenvalue weighted by molar-refractivity contribution is -0.159. The first-order valence-electron chi connectivity index (χ1n) is 11.4. The quantitative estimate of drug-likeness (QED) is 0.280. The Labute approximate surface area is 229 Å². The zero-order chi connectivity index (χ0) is 29.9. The molecule has 2 amide bonds. The van der Waals surface area contributed by atoms with Gasteiger partial charge in [0, 0.05) is 18.4 Å². The van der Waals surface area contributed by atoms with Crippen LogP contribution in [0.15, 0.2) is 83.8 Å². The molecule has 0 unspecified atom stereocenters. The van der Waals surface area contributed by atoms with E-state index in [1.54, 1.807) is 49.5 Å². The maximum absolute atomic E-state index is 13.2. The predicted molar refractivity (Wildman–Crippen MR) is 145 cm³/mol. The molecule has 12 nitrogen and oxygen atoms in total. The number of amides is 2. The van der Waals surface area contributed by atoms with Crippen molar-refractivity contribution < 1.29 is 42.2 Å². The van der Waals surface area contributed by atoms with Crippen molar-refractivity contribution in [2.45, 2.75) is 4.90 Å². The molecular weight excluding hydrogens is 547 g/mol. The van der Waals surface area contributed by atoms with Crippen LogP contribution in [-0.4, -0.2) is 74.5 Å². The van der Waals surface area contributed by atoms with Gasteiger partial charge in [-0.1, -0.05) is 30.3 Å². The first kappa shape index (κ1) is 31.4. The number of carboxylic acids is 2. The number of nitrogens with zero attached hydrogens (tertiary/aromatic N) is 2. The Morgan fingerprint density at radius 3 is 1.75 bits per heavy atom. The number of benzene rings is 3. The molecule has 3 rings (SSSR count). The molecule has 0 aliphatic rings. The van der Waals surface area contributed by atoms with E-state index >= 15 is 0 Å². The summed E-state index contributed by atoms with van der Waals surface area (Å²) in [4.78, 5) is 44.3. The molecule has 0 fully saturated rings. The second kappa shape index (κ2) is 14.4. The minimum absolute atomic E-state index is 0.0273. The first-order valence-corrected chi connectivity index (χ1v) is 12.9. The van der Waals surface area contributed by atoms with Crippen molar-refractivity contribution in [2.75, 3.05) is 42.1 Å². The van der Waals surface area contributed by atoms with Crippen molar-refractivity contribution >= 4 is 50.8 Å². The molecule has 0 aliphatic heterocycles. The SMILES string of the molecule is CN(CC(=O)Nc1cccc(F)c1)CC(=O)Nc1cccc(S(=O)(=O)N(C)c2ccccc2)c1.O=C(O)C(=O)O. The van der Waals surface area contributed by atoms with E-state index in [9.17, 15) is 22.4 Å². The van der Waals surface area contributed by atoms with Gasteiger partial charge in [-0.05, 0) is 55.6 Å². The van der Waals surface area contributed by atoms with E-state index in [0.29, 0.717) is 17.1 Å². The summed E-state index contributed by atoms with van der Waals surface area (Å²) in [6.07, 6.45) is 0. The first-order chi connectivity index (χ1) is 18.8. The lowest BCUT2D eigenvalue weighted by Crippen LogP contribution is -2.36. The highest BCUT2D eigenvalue weighted by molar-refractivity contribution is 7.92. The summed E-state index contributed by atoms with van der Waals surface area (Å²) in [5.74, 6) is -4.94. The highest BCUT2D eigenvalue weighted by atomic mass is 32.2. The van der Waals surface area contributed by atoms with Crippen LogP contribution in [0.4, 0.5) is 21.5 Å². The van der Waals surface area contributed by atoms with Crippen LogP contribution in [0.2, 0.25) is 0 Å². The Morgan fingerprint density at radius 1 is 0.750 bits per heavy atom. The summed E-state index contributed by atoms with van der Waals surface area (Å²) >= 11 is 0. The third kappa shape index (κ3) is 9.81. The molecule has 0 aliphatic carbocycles. The molecule has 0 atom stereocenters. The number of anilines is 3. The molecule has 212 valence electrons. The zero-order valence-electron chi connectivity index (χ0n) is 21.4. The number of rotatable bonds is 9. The van der Waals surface area contributed by atoms with Crippen LogP contribution in [0.1, 0.15) is 0 Å². The normalized spacial score (nSPS) is 10.6. The van der Waals surface area contributed by atoms with Gasteiger partial charge in [-0.15, -0.1) is 0 Å². The average Bonchev–Trinajstić information content (AvgIpc) is 2.88. The summed E-state index contributed by atoms with van der Waals surface area (Å²) in [6.45, 7) is -0.211. The molecule has 14 heteroatoms. The third-order valence-corrected chi connectivity index (χ3v) is 6.80. The van der Waals surface area contributed by atoms with E-state index in [-0.39, 0.29) is 18.0 Å². The lowest BCUT2D eigenvalue weighted by Gasteiger charge is -2.20. The van der Waals surface area contributed by atoms with Crippen LogP contribution in [0.5, 0.6) is 0 Å². The van der Waals surface area contributed by atoms with Gasteiger partial charge in [0.2, 0.25) is 11.8 Å². The van der Waals surface area contributed by atoms with Crippen molar-refractivity contribution in [2.24, 2.45) is 0 Å². The average molecular weight is 575 g/mol. The number of hydrogen-bond acceptors (Lipinski definition) is 7. The van der Waals surface area contributed by atoms with Gasteiger partial charge in [0.15, 0.2) is 0 Å². The maximum atomic E-state index is 13.2. The zero-order valence-corrected chi connectivity index (χ0v) is 22.3. The Bertz CT molecular complexity index is 1460. The molecule has 0 saturated carbocycles. The number of para-hydroxylation sites is 1. The number of nitrogens with one attached hydrogen (secondary N) is 2. The Morgan fingerprint density at radius 2 is 1.25 bits per heavy atom. The highest BCUT2D eigenvalue weighted by Crippen LogP contribution is 2.23. The molecule has 4 N–H and O–H groups in total. The fraction of sp³-hybridized carbons (Fsp3) is 0.154. The van der Waals surface area contributed by atoms with Crippen LogP contribution >= 0.6 is 0 Å². The van der Waals surface area contributed by atoms with Gasteiger partial charge >= 0.3 is 11.9 Å². The smallest absolute Gasteiger partial charge is 0.414 e. The number of hydrogen-bond donors (Lipinski definition) is 4. The van der Waals surface area contributed by atoms with Gasteiger partial charge in [0.05, 0.1) is 23.7 Å². The molecule has 0 radical (unpaired) electrons. The Kier molecular flexibility index (Phi) is 11.3. The van der Waals surface area contributed by atoms with Crippen molar-refractivity contribution in [3.8, 4) is 0 Å². The number of carbonyl (C=O) groups excluding carboxylic acids is 2. The Hall–Kier alpha value is -4.82. The molecule has 40 heavy (non-hydrogen) atoms. The van der Waals surface area contributed by atoms with Crippen LogP contribution in [0.3, 0.4) is 0 Å². The highest BCUT2D eigenvalue weighted by Gasteiger charge is 2.22. The molecule has 3 aromatic rings. The van der Waals surface area contributed by atoms with Gasteiger partial charge in [0.1, 0.15) is 5.82 Å². The summed E-state index contributed by atoms with van der Waals surface area (Å²) < 4.78 is 40.4. The van der Waals surface area contributed by atoms with E-state index in [1.165, 1.54) is 52.7 Å². The maximum Gasteiger partial charge on any atom is 0.414 e. The van der Waals surface area contributed by atoms with Gasteiger partial charge in [-0.3, -0.25) is 18.8 Å². The molecule has 0 aromatic heterocycles. The van der Waals surface area contributed by atoms with Crippen molar-refractivity contribution in [3.05, 3.63) is 84.7 Å².